The molecule has 0 bridgehead atoms. The molecule has 84 valence electrons. The predicted octanol–water partition coefficient (Wildman–Crippen LogP) is 2.35. The fourth-order valence-corrected chi connectivity index (χ4v) is 1.72. The Hall–Kier alpha value is -1.97. The highest BCUT2D eigenvalue weighted by Crippen LogP contribution is 2.33. The van der Waals surface area contributed by atoms with Gasteiger partial charge in [0.15, 0.2) is 0 Å². The van der Waals surface area contributed by atoms with Crippen LogP contribution < -0.4 is 10.1 Å². The van der Waals surface area contributed by atoms with Gasteiger partial charge in [0.2, 0.25) is 0 Å². The van der Waals surface area contributed by atoms with Crippen molar-refractivity contribution in [2.45, 2.75) is 13.0 Å². The highest BCUT2D eigenvalue weighted by atomic mass is 16.5. The Bertz CT molecular complexity index is 427. The number of hydrogen-bond donors (Lipinski definition) is 2. The van der Waals surface area contributed by atoms with Crippen LogP contribution in [-0.4, -0.2) is 24.1 Å². The van der Waals surface area contributed by atoms with Crippen LogP contribution in [0.3, 0.4) is 0 Å². The fourth-order valence-electron chi connectivity index (χ4n) is 1.72. The average Bonchev–Trinajstić information content (AvgIpc) is 2.30. The summed E-state index contributed by atoms with van der Waals surface area (Å²) in [6.45, 7) is 2.43. The second kappa shape index (κ2) is 4.70. The van der Waals surface area contributed by atoms with E-state index in [4.69, 9.17) is 9.94 Å². The minimum Gasteiger partial charge on any atom is -0.488 e. The van der Waals surface area contributed by atoms with Crippen molar-refractivity contribution in [3.63, 3.8) is 0 Å². The molecule has 1 aliphatic rings. The molecule has 1 aromatic rings. The van der Waals surface area contributed by atoms with Crippen LogP contribution >= 0.6 is 0 Å². The standard InChI is InChI=1S/C12H14N2O2/c1-2-4-9-5-3-6-11-12(9)16-8-10(14-11)7-13-15/h2-7,10,14-15H,8H2,1H3. The van der Waals surface area contributed by atoms with E-state index in [-0.39, 0.29) is 6.04 Å². The zero-order valence-electron chi connectivity index (χ0n) is 9.05. The lowest BCUT2D eigenvalue weighted by Gasteiger charge is -2.25. The Morgan fingerprint density at radius 1 is 1.56 bits per heavy atom. The van der Waals surface area contributed by atoms with Crippen molar-refractivity contribution in [2.24, 2.45) is 5.16 Å². The molecule has 1 heterocycles. The number of nitrogens with one attached hydrogen (secondary N) is 1. The first kappa shape index (κ1) is 10.5. The van der Waals surface area contributed by atoms with E-state index in [9.17, 15) is 0 Å². The Morgan fingerprint density at radius 3 is 3.19 bits per heavy atom. The minimum absolute atomic E-state index is 0.0849. The van der Waals surface area contributed by atoms with Crippen LogP contribution in [0.1, 0.15) is 12.5 Å². The number of para-hydroxylation sites is 1. The smallest absolute Gasteiger partial charge is 0.149 e. The van der Waals surface area contributed by atoms with Gasteiger partial charge in [-0.3, -0.25) is 0 Å². The van der Waals surface area contributed by atoms with Crippen molar-refractivity contribution in [1.29, 1.82) is 0 Å². The molecule has 1 aliphatic heterocycles. The maximum atomic E-state index is 8.47. The quantitative estimate of drug-likeness (QED) is 0.455. The van der Waals surface area contributed by atoms with Gasteiger partial charge in [0.1, 0.15) is 12.4 Å². The van der Waals surface area contributed by atoms with Crippen molar-refractivity contribution >= 4 is 18.0 Å². The van der Waals surface area contributed by atoms with Crippen molar-refractivity contribution in [1.82, 2.24) is 0 Å². The number of benzene rings is 1. The Balaban J connectivity index is 2.30. The number of anilines is 1. The number of rotatable bonds is 2. The SMILES string of the molecule is CC=Cc1cccc2c1OCC(C=NO)N2. The first-order valence-electron chi connectivity index (χ1n) is 5.17. The predicted molar refractivity (Wildman–Crippen MR) is 64.3 cm³/mol. The molecule has 0 fully saturated rings. The van der Waals surface area contributed by atoms with Gasteiger partial charge in [-0.1, -0.05) is 29.4 Å². The fraction of sp³-hybridized carbons (Fsp3) is 0.250. The van der Waals surface area contributed by atoms with E-state index in [2.05, 4.69) is 10.5 Å². The van der Waals surface area contributed by atoms with Gasteiger partial charge in [0.25, 0.3) is 0 Å². The summed E-state index contributed by atoms with van der Waals surface area (Å²) in [6.07, 6.45) is 5.40. The summed E-state index contributed by atoms with van der Waals surface area (Å²) in [7, 11) is 0. The van der Waals surface area contributed by atoms with Gasteiger partial charge in [-0.2, -0.15) is 0 Å². The van der Waals surface area contributed by atoms with Gasteiger partial charge in [0, 0.05) is 5.56 Å². The molecule has 2 rings (SSSR count). The molecule has 0 saturated heterocycles. The Morgan fingerprint density at radius 2 is 2.44 bits per heavy atom. The largest absolute Gasteiger partial charge is 0.488 e. The number of allylic oxidation sites excluding steroid dienone is 1. The summed E-state index contributed by atoms with van der Waals surface area (Å²) >= 11 is 0. The molecule has 0 amide bonds. The summed E-state index contributed by atoms with van der Waals surface area (Å²) in [5.74, 6) is 0.850. The topological polar surface area (TPSA) is 53.9 Å². The third kappa shape index (κ3) is 2.00. The molecule has 0 saturated carbocycles. The van der Waals surface area contributed by atoms with E-state index in [0.717, 1.165) is 17.0 Å². The van der Waals surface area contributed by atoms with Crippen molar-refractivity contribution < 1.29 is 9.94 Å². The monoisotopic (exact) mass is 218 g/mol. The third-order valence-electron chi connectivity index (χ3n) is 2.39. The summed E-state index contributed by atoms with van der Waals surface area (Å²) < 4.78 is 5.66. The maximum Gasteiger partial charge on any atom is 0.149 e. The Labute approximate surface area is 94.2 Å². The summed E-state index contributed by atoms with van der Waals surface area (Å²) in [4.78, 5) is 0. The first-order valence-corrected chi connectivity index (χ1v) is 5.17. The van der Waals surface area contributed by atoms with Crippen LogP contribution in [0.5, 0.6) is 5.75 Å². The zero-order valence-corrected chi connectivity index (χ0v) is 9.05. The van der Waals surface area contributed by atoms with Gasteiger partial charge in [0.05, 0.1) is 17.9 Å². The third-order valence-corrected chi connectivity index (χ3v) is 2.39. The molecule has 1 aromatic carbocycles. The van der Waals surface area contributed by atoms with Crippen LogP contribution in [0.4, 0.5) is 5.69 Å². The van der Waals surface area contributed by atoms with Crippen LogP contribution in [0.25, 0.3) is 6.08 Å². The number of oxime groups is 1. The normalized spacial score (nSPS) is 19.4. The van der Waals surface area contributed by atoms with Gasteiger partial charge < -0.3 is 15.3 Å². The number of nitrogens with zero attached hydrogens (tertiary/aromatic N) is 1. The maximum absolute atomic E-state index is 8.47. The molecule has 1 atom stereocenters. The lowest BCUT2D eigenvalue weighted by atomic mass is 10.1. The molecule has 4 nitrogen and oxygen atoms in total. The molecule has 0 spiro atoms. The molecule has 0 aliphatic carbocycles. The molecule has 0 radical (unpaired) electrons. The molecule has 1 unspecified atom stereocenters. The van der Waals surface area contributed by atoms with E-state index in [1.807, 2.05) is 37.3 Å². The van der Waals surface area contributed by atoms with E-state index in [1.54, 1.807) is 0 Å². The lowest BCUT2D eigenvalue weighted by Crippen LogP contribution is -2.32. The van der Waals surface area contributed by atoms with Gasteiger partial charge >= 0.3 is 0 Å². The minimum atomic E-state index is -0.0849. The van der Waals surface area contributed by atoms with Crippen LogP contribution in [-0.2, 0) is 0 Å². The highest BCUT2D eigenvalue weighted by Gasteiger charge is 2.18. The van der Waals surface area contributed by atoms with E-state index in [0.29, 0.717) is 6.61 Å². The number of fused-ring (bicyclic) bond motifs is 1. The van der Waals surface area contributed by atoms with Crippen LogP contribution in [0.15, 0.2) is 29.4 Å². The lowest BCUT2D eigenvalue weighted by molar-refractivity contribution is 0.296. The molecular weight excluding hydrogens is 204 g/mol. The molecular formula is C12H14N2O2. The van der Waals surface area contributed by atoms with Crippen LogP contribution in [0.2, 0.25) is 0 Å². The second-order valence-corrected chi connectivity index (χ2v) is 3.55. The molecule has 2 N–H and O–H groups in total. The summed E-state index contributed by atoms with van der Waals surface area (Å²) in [5.41, 5.74) is 1.97. The van der Waals surface area contributed by atoms with E-state index in [1.165, 1.54) is 6.21 Å². The van der Waals surface area contributed by atoms with Gasteiger partial charge in [-0.15, -0.1) is 0 Å². The van der Waals surface area contributed by atoms with E-state index >= 15 is 0 Å². The molecule has 16 heavy (non-hydrogen) atoms. The summed E-state index contributed by atoms with van der Waals surface area (Å²) in [6, 6.07) is 5.82. The van der Waals surface area contributed by atoms with Crippen molar-refractivity contribution in [3.8, 4) is 5.75 Å². The highest BCUT2D eigenvalue weighted by molar-refractivity contribution is 5.76. The van der Waals surface area contributed by atoms with E-state index < -0.39 is 0 Å². The average molecular weight is 218 g/mol. The summed E-state index contributed by atoms with van der Waals surface area (Å²) in [5, 5.41) is 14.7. The van der Waals surface area contributed by atoms with Gasteiger partial charge in [-0.05, 0) is 13.0 Å². The molecule has 4 heteroatoms. The molecule has 0 aromatic heterocycles. The number of ether oxygens (including phenoxy) is 1. The first-order chi connectivity index (χ1) is 7.85. The Kier molecular flexibility index (Phi) is 3.10. The van der Waals surface area contributed by atoms with Crippen LogP contribution in [0, 0.1) is 0 Å². The number of hydrogen-bond acceptors (Lipinski definition) is 4. The zero-order chi connectivity index (χ0) is 11.4. The van der Waals surface area contributed by atoms with Crippen molar-refractivity contribution in [2.75, 3.05) is 11.9 Å². The second-order valence-electron chi connectivity index (χ2n) is 3.55. The van der Waals surface area contributed by atoms with Gasteiger partial charge in [-0.25, -0.2) is 0 Å². The van der Waals surface area contributed by atoms with Crippen molar-refractivity contribution in [3.05, 3.63) is 29.8 Å².